The van der Waals surface area contributed by atoms with Crippen molar-refractivity contribution in [3.8, 4) is 17.4 Å². The van der Waals surface area contributed by atoms with Gasteiger partial charge in [0.25, 0.3) is 0 Å². The molecule has 0 aliphatic rings. The summed E-state index contributed by atoms with van der Waals surface area (Å²) in [4.78, 5) is 7.92. The summed E-state index contributed by atoms with van der Waals surface area (Å²) in [5, 5.41) is 14.9. The van der Waals surface area contributed by atoms with Crippen molar-refractivity contribution >= 4 is 38.0 Å². The van der Waals surface area contributed by atoms with Crippen LogP contribution in [-0.2, 0) is 10.0 Å². The van der Waals surface area contributed by atoms with Gasteiger partial charge in [0.05, 0.1) is 48.6 Å². The predicted molar refractivity (Wildman–Crippen MR) is 152 cm³/mol. The fraction of sp³-hybridized carbons (Fsp3) is 0.250. The van der Waals surface area contributed by atoms with E-state index in [4.69, 9.17) is 14.5 Å². The lowest BCUT2D eigenvalue weighted by atomic mass is 10.0. The number of nitrogens with zero attached hydrogens (tertiary/aromatic N) is 2. The number of ether oxygens (including phenoxy) is 2. The van der Waals surface area contributed by atoms with Gasteiger partial charge >= 0.3 is 0 Å². The number of rotatable bonds is 11. The maximum absolute atomic E-state index is 12.4. The number of likely N-dealkylation sites (N-methyl/N-ethyl adjacent to an activating group) is 1. The Labute approximate surface area is 222 Å². The number of aliphatic imine (C=N–C) groups is 1. The molecule has 0 amide bonds. The Kier molecular flexibility index (Phi) is 8.23. The zero-order valence-electron chi connectivity index (χ0n) is 21.9. The highest BCUT2D eigenvalue weighted by molar-refractivity contribution is 7.92. The van der Waals surface area contributed by atoms with Gasteiger partial charge in [-0.15, -0.1) is 0 Å². The molecular weight excluding hydrogens is 504 g/mol. The van der Waals surface area contributed by atoms with Crippen molar-refractivity contribution in [2.24, 2.45) is 4.99 Å². The van der Waals surface area contributed by atoms with E-state index in [2.05, 4.69) is 10.3 Å². The van der Waals surface area contributed by atoms with Crippen LogP contribution in [0.4, 0.5) is 11.4 Å². The van der Waals surface area contributed by atoms with E-state index in [9.17, 15) is 13.5 Å². The molecule has 3 aromatic carbocycles. The fourth-order valence-electron chi connectivity index (χ4n) is 4.27. The molecule has 1 heterocycles. The number of anilines is 1. The topological polar surface area (TPSA) is 116 Å². The summed E-state index contributed by atoms with van der Waals surface area (Å²) in [5.41, 5.74) is 3.67. The van der Waals surface area contributed by atoms with E-state index in [-0.39, 0.29) is 5.88 Å². The second-order valence-electron chi connectivity index (χ2n) is 8.63. The lowest BCUT2D eigenvalue weighted by Gasteiger charge is -2.22. The Morgan fingerprint density at radius 2 is 1.68 bits per heavy atom. The first-order chi connectivity index (χ1) is 18.3. The minimum absolute atomic E-state index is 0.0406. The molecule has 0 bridgehead atoms. The van der Waals surface area contributed by atoms with Crippen molar-refractivity contribution in [1.82, 2.24) is 10.3 Å². The standard InChI is InChI=1S/C28H32N4O5S/c1-5-29-15-16-32(38(4,34)35)21-13-11-20(12-14-21)30-27(19-9-7-6-8-10-19)26-22-17-24(36-2)25(37-3)18-23(22)31-28(26)33/h6-14,17-18,29,31,33H,5,15-16H2,1-4H3. The number of aromatic hydroxyl groups is 1. The van der Waals surface area contributed by atoms with Gasteiger partial charge in [0, 0.05) is 30.1 Å². The predicted octanol–water partition coefficient (Wildman–Crippen LogP) is 4.44. The number of H-pyrrole nitrogens is 1. The molecule has 1 aromatic heterocycles. The average Bonchev–Trinajstić information content (AvgIpc) is 3.23. The van der Waals surface area contributed by atoms with Crippen molar-refractivity contribution in [3.63, 3.8) is 0 Å². The Bertz CT molecular complexity index is 1530. The minimum Gasteiger partial charge on any atom is -0.494 e. The number of benzene rings is 3. The van der Waals surface area contributed by atoms with Crippen molar-refractivity contribution in [3.05, 3.63) is 77.9 Å². The maximum Gasteiger partial charge on any atom is 0.232 e. The van der Waals surface area contributed by atoms with Crippen LogP contribution >= 0.6 is 0 Å². The lowest BCUT2D eigenvalue weighted by molar-refractivity contribution is 0.356. The normalized spacial score (nSPS) is 12.1. The second kappa shape index (κ2) is 11.6. The number of sulfonamides is 1. The molecule has 0 aliphatic heterocycles. The molecule has 0 fully saturated rings. The molecule has 3 N–H and O–H groups in total. The minimum atomic E-state index is -3.46. The molecule has 0 spiro atoms. The van der Waals surface area contributed by atoms with E-state index in [0.29, 0.717) is 58.1 Å². The molecule has 0 saturated heterocycles. The third-order valence-corrected chi connectivity index (χ3v) is 7.28. The number of hydrogen-bond donors (Lipinski definition) is 3. The summed E-state index contributed by atoms with van der Waals surface area (Å²) in [6.45, 7) is 3.58. The Balaban J connectivity index is 1.82. The van der Waals surface area contributed by atoms with Crippen LogP contribution in [0.3, 0.4) is 0 Å². The van der Waals surface area contributed by atoms with Gasteiger partial charge in [0.15, 0.2) is 17.4 Å². The average molecular weight is 537 g/mol. The van der Waals surface area contributed by atoms with E-state index in [1.54, 1.807) is 50.6 Å². The van der Waals surface area contributed by atoms with Gasteiger partial charge in [-0.3, -0.25) is 4.31 Å². The molecule has 0 atom stereocenters. The number of hydrogen-bond acceptors (Lipinski definition) is 7. The van der Waals surface area contributed by atoms with Gasteiger partial charge < -0.3 is 24.9 Å². The number of methoxy groups -OCH3 is 2. The molecule has 0 aliphatic carbocycles. The molecular formula is C28H32N4O5S. The van der Waals surface area contributed by atoms with Crippen LogP contribution in [0.5, 0.6) is 17.4 Å². The molecule has 0 radical (unpaired) electrons. The van der Waals surface area contributed by atoms with E-state index in [0.717, 1.165) is 12.1 Å². The van der Waals surface area contributed by atoms with Crippen LogP contribution in [0.25, 0.3) is 10.9 Å². The summed E-state index contributed by atoms with van der Waals surface area (Å²) in [6.07, 6.45) is 1.20. The third kappa shape index (κ3) is 5.76. The first-order valence-electron chi connectivity index (χ1n) is 12.2. The van der Waals surface area contributed by atoms with E-state index < -0.39 is 10.0 Å². The second-order valence-corrected chi connectivity index (χ2v) is 10.5. The van der Waals surface area contributed by atoms with E-state index in [1.807, 2.05) is 37.3 Å². The van der Waals surface area contributed by atoms with Gasteiger partial charge in [-0.25, -0.2) is 13.4 Å². The van der Waals surface area contributed by atoms with Crippen LogP contribution in [0, 0.1) is 0 Å². The molecule has 0 saturated carbocycles. The van der Waals surface area contributed by atoms with Gasteiger partial charge in [-0.2, -0.15) is 0 Å². The summed E-state index contributed by atoms with van der Waals surface area (Å²) in [6, 6.07) is 20.1. The SMILES string of the molecule is CCNCCN(c1ccc(N=C(c2ccccc2)c2c(O)[nH]c3cc(OC)c(OC)cc23)cc1)S(C)(=O)=O. The fourth-order valence-corrected chi connectivity index (χ4v) is 5.20. The Morgan fingerprint density at radius 3 is 2.29 bits per heavy atom. The van der Waals surface area contributed by atoms with Crippen LogP contribution < -0.4 is 19.1 Å². The monoisotopic (exact) mass is 536 g/mol. The van der Waals surface area contributed by atoms with Crippen molar-refractivity contribution in [2.75, 3.05) is 44.4 Å². The molecule has 4 rings (SSSR count). The smallest absolute Gasteiger partial charge is 0.232 e. The highest BCUT2D eigenvalue weighted by Gasteiger charge is 2.21. The molecule has 0 unspecified atom stereocenters. The number of nitrogens with one attached hydrogen (secondary N) is 2. The van der Waals surface area contributed by atoms with Gasteiger partial charge in [0.2, 0.25) is 10.0 Å². The highest BCUT2D eigenvalue weighted by Crippen LogP contribution is 2.38. The van der Waals surface area contributed by atoms with Gasteiger partial charge in [0.1, 0.15) is 0 Å². The van der Waals surface area contributed by atoms with Crippen molar-refractivity contribution < 1.29 is 23.0 Å². The molecule has 9 nitrogen and oxygen atoms in total. The molecule has 38 heavy (non-hydrogen) atoms. The van der Waals surface area contributed by atoms with Gasteiger partial charge in [-0.05, 0) is 36.9 Å². The number of aromatic amines is 1. The first kappa shape index (κ1) is 27.0. The van der Waals surface area contributed by atoms with Crippen molar-refractivity contribution in [2.45, 2.75) is 6.92 Å². The Morgan fingerprint density at radius 1 is 1.03 bits per heavy atom. The lowest BCUT2D eigenvalue weighted by Crippen LogP contribution is -2.36. The van der Waals surface area contributed by atoms with Crippen LogP contribution in [0.1, 0.15) is 18.1 Å². The first-order valence-corrected chi connectivity index (χ1v) is 14.0. The largest absolute Gasteiger partial charge is 0.494 e. The summed E-state index contributed by atoms with van der Waals surface area (Å²) in [5.74, 6) is 1.02. The van der Waals surface area contributed by atoms with Crippen molar-refractivity contribution in [1.29, 1.82) is 0 Å². The molecule has 200 valence electrons. The summed E-state index contributed by atoms with van der Waals surface area (Å²) in [7, 11) is -0.345. The number of fused-ring (bicyclic) bond motifs is 1. The third-order valence-electron chi connectivity index (χ3n) is 6.09. The number of aromatic nitrogens is 1. The zero-order valence-corrected chi connectivity index (χ0v) is 22.7. The van der Waals surface area contributed by atoms with E-state index >= 15 is 0 Å². The van der Waals surface area contributed by atoms with Crippen LogP contribution in [0.2, 0.25) is 0 Å². The molecule has 10 heteroatoms. The summed E-state index contributed by atoms with van der Waals surface area (Å²) >= 11 is 0. The Hall–Kier alpha value is -4.02. The van der Waals surface area contributed by atoms with E-state index in [1.165, 1.54) is 10.6 Å². The van der Waals surface area contributed by atoms with Gasteiger partial charge in [-0.1, -0.05) is 37.3 Å². The molecule has 4 aromatic rings. The quantitative estimate of drug-likeness (QED) is 0.193. The highest BCUT2D eigenvalue weighted by atomic mass is 32.2. The maximum atomic E-state index is 12.4. The zero-order chi connectivity index (χ0) is 27.3. The van der Waals surface area contributed by atoms with Crippen LogP contribution in [0.15, 0.2) is 71.7 Å². The van der Waals surface area contributed by atoms with Crippen LogP contribution in [-0.4, -0.2) is 64.3 Å². The summed E-state index contributed by atoms with van der Waals surface area (Å²) < 4.78 is 37.1.